The molecule has 15 aromatic rings. The zero-order chi connectivity index (χ0) is 52.4. The smallest absolute Gasteiger partial charge is 0.252 e. The van der Waals surface area contributed by atoms with Crippen LogP contribution in [0.2, 0.25) is 0 Å². The molecule has 0 atom stereocenters. The van der Waals surface area contributed by atoms with Crippen LogP contribution in [0.4, 0.5) is 34.1 Å². The predicted molar refractivity (Wildman–Crippen MR) is 341 cm³/mol. The second kappa shape index (κ2) is 17.6. The molecule has 2 aliphatic heterocycles. The molecule has 4 heteroatoms. The average Bonchev–Trinajstić information content (AvgIpc) is 3.03. The van der Waals surface area contributed by atoms with Crippen molar-refractivity contribution in [2.45, 2.75) is 0 Å². The van der Waals surface area contributed by atoms with Gasteiger partial charge in [0.2, 0.25) is 0 Å². The van der Waals surface area contributed by atoms with E-state index in [1.54, 1.807) is 0 Å². The van der Waals surface area contributed by atoms with Gasteiger partial charge in [0.15, 0.2) is 0 Å². The first-order chi connectivity index (χ1) is 39.7. The number of anilines is 6. The molecule has 0 N–H and O–H groups in total. The van der Waals surface area contributed by atoms with Crippen molar-refractivity contribution in [3.8, 4) is 39.1 Å². The third-order valence-corrected chi connectivity index (χ3v) is 17.3. The highest BCUT2D eigenvalue weighted by molar-refractivity contribution is 7.00. The maximum Gasteiger partial charge on any atom is 0.252 e. The van der Waals surface area contributed by atoms with Gasteiger partial charge in [0, 0.05) is 50.6 Å². The summed E-state index contributed by atoms with van der Waals surface area (Å²) in [6.07, 6.45) is 0. The van der Waals surface area contributed by atoms with Gasteiger partial charge in [-0.3, -0.25) is 0 Å². The van der Waals surface area contributed by atoms with E-state index in [-0.39, 0.29) is 6.71 Å². The van der Waals surface area contributed by atoms with Gasteiger partial charge < -0.3 is 14.4 Å². The normalized spacial score (nSPS) is 12.7. The summed E-state index contributed by atoms with van der Waals surface area (Å²) in [7, 11) is 0. The van der Waals surface area contributed by atoms with Crippen molar-refractivity contribution in [1.29, 1.82) is 0 Å². The number of hydrogen-bond donors (Lipinski definition) is 0. The standard InChI is InChI=1S/C76H48BN3/c1-4-16-49(17-5-1)51-32-37-60(38-33-51)79-72-43-56-30-28-53-20-10-12-24-62(53)66(56)47-68(72)77-69-48-67-57(31-29-54-21-11-13-25-63(54)67)44-73(69)80(61-39-34-52(35-40-61)50-18-6-2-7-19-50)75-46-58(45-74(79)76(75)77)55-36-41-65-64-26-14-15-27-70(64)78(71(65)42-55)59-22-8-3-9-23-59/h1-48H. The lowest BCUT2D eigenvalue weighted by molar-refractivity contribution is 1.18. The zero-order valence-electron chi connectivity index (χ0n) is 43.6. The van der Waals surface area contributed by atoms with Crippen LogP contribution < -0.4 is 26.2 Å². The summed E-state index contributed by atoms with van der Waals surface area (Å²) in [5, 5.41) is 12.4. The van der Waals surface area contributed by atoms with Gasteiger partial charge in [0.1, 0.15) is 0 Å². The largest absolute Gasteiger partial charge is 0.311 e. The lowest BCUT2D eigenvalue weighted by Gasteiger charge is -2.45. The molecule has 370 valence electrons. The molecule has 0 aliphatic carbocycles. The second-order valence-electron chi connectivity index (χ2n) is 21.6. The summed E-state index contributed by atoms with van der Waals surface area (Å²) in [6, 6.07) is 109. The fourth-order valence-electron chi connectivity index (χ4n) is 13.6. The molecule has 3 heterocycles. The minimum absolute atomic E-state index is 0.117. The predicted octanol–water partition coefficient (Wildman–Crippen LogP) is 18.5. The van der Waals surface area contributed by atoms with E-state index in [9.17, 15) is 0 Å². The van der Waals surface area contributed by atoms with E-state index in [1.807, 2.05) is 0 Å². The van der Waals surface area contributed by atoms with Crippen LogP contribution in [0.25, 0.3) is 104 Å². The lowest BCUT2D eigenvalue weighted by Crippen LogP contribution is -2.61. The van der Waals surface area contributed by atoms with Crippen LogP contribution >= 0.6 is 0 Å². The fraction of sp³-hybridized carbons (Fsp3) is 0. The van der Waals surface area contributed by atoms with Gasteiger partial charge in [0.25, 0.3) is 6.71 Å². The SMILES string of the molecule is c1ccc(-c2ccc(N3c4cc5ccc6ccccc6c5cc4B4c5cc6c(ccc7ccccc76)cc5N(c5ccc(-c6ccccc6)cc5)c5cc(-c6ccc7c8ccccc8n(-c8ccccc8)c7c6)cc3c54)cc2)cc1. The van der Waals surface area contributed by atoms with Gasteiger partial charge in [-0.25, -0.2) is 0 Å². The summed E-state index contributed by atoms with van der Waals surface area (Å²) < 4.78 is 2.43. The Morgan fingerprint density at radius 2 is 0.650 bits per heavy atom. The Morgan fingerprint density at radius 1 is 0.225 bits per heavy atom. The molecule has 17 rings (SSSR count). The molecule has 0 radical (unpaired) electrons. The van der Waals surface area contributed by atoms with E-state index < -0.39 is 0 Å². The zero-order valence-corrected chi connectivity index (χ0v) is 43.6. The number of fused-ring (bicyclic) bond motifs is 13. The Kier molecular flexibility index (Phi) is 9.81. The monoisotopic (exact) mass is 1010 g/mol. The summed E-state index contributed by atoms with van der Waals surface area (Å²) >= 11 is 0. The minimum atomic E-state index is -0.117. The van der Waals surface area contributed by atoms with Crippen LogP contribution in [0.1, 0.15) is 0 Å². The van der Waals surface area contributed by atoms with Gasteiger partial charge in [-0.1, -0.05) is 218 Å². The van der Waals surface area contributed by atoms with E-state index in [2.05, 4.69) is 306 Å². The topological polar surface area (TPSA) is 11.4 Å². The van der Waals surface area contributed by atoms with E-state index in [0.29, 0.717) is 0 Å². The van der Waals surface area contributed by atoms with Crippen LogP contribution in [-0.4, -0.2) is 11.3 Å². The Bertz CT molecular complexity index is 4760. The molecule has 80 heavy (non-hydrogen) atoms. The Hall–Kier alpha value is -10.4. The maximum absolute atomic E-state index is 2.58. The van der Waals surface area contributed by atoms with Crippen molar-refractivity contribution < 1.29 is 0 Å². The van der Waals surface area contributed by atoms with Crippen molar-refractivity contribution in [2.75, 3.05) is 9.80 Å². The molecule has 3 nitrogen and oxygen atoms in total. The molecule has 0 saturated carbocycles. The van der Waals surface area contributed by atoms with Crippen LogP contribution in [0.3, 0.4) is 0 Å². The molecule has 0 bridgehead atoms. The molecule has 0 unspecified atom stereocenters. The van der Waals surface area contributed by atoms with E-state index in [1.165, 1.54) is 126 Å². The van der Waals surface area contributed by atoms with Crippen LogP contribution in [0, 0.1) is 0 Å². The number of hydrogen-bond acceptors (Lipinski definition) is 2. The molecule has 2 aliphatic rings. The van der Waals surface area contributed by atoms with E-state index >= 15 is 0 Å². The molecular formula is C76H48BN3. The van der Waals surface area contributed by atoms with Crippen LogP contribution in [0.15, 0.2) is 291 Å². The molecular weight excluding hydrogens is 966 g/mol. The molecule has 0 spiro atoms. The van der Waals surface area contributed by atoms with Gasteiger partial charge in [-0.2, -0.15) is 0 Å². The van der Waals surface area contributed by atoms with Gasteiger partial charge in [0.05, 0.1) is 11.0 Å². The molecule has 14 aromatic carbocycles. The lowest BCUT2D eigenvalue weighted by atomic mass is 9.33. The minimum Gasteiger partial charge on any atom is -0.311 e. The number of benzene rings is 14. The highest BCUT2D eigenvalue weighted by Gasteiger charge is 2.44. The quantitative estimate of drug-likeness (QED) is 0.121. The first-order valence-corrected chi connectivity index (χ1v) is 27.8. The first kappa shape index (κ1) is 44.7. The van der Waals surface area contributed by atoms with Crippen molar-refractivity contribution in [3.05, 3.63) is 291 Å². The van der Waals surface area contributed by atoms with Crippen LogP contribution in [0.5, 0.6) is 0 Å². The molecule has 0 saturated heterocycles. The summed E-state index contributed by atoms with van der Waals surface area (Å²) in [4.78, 5) is 5.16. The summed E-state index contributed by atoms with van der Waals surface area (Å²) in [5.41, 5.74) is 21.4. The molecule has 0 fully saturated rings. The van der Waals surface area contributed by atoms with Crippen molar-refractivity contribution >= 4 is 122 Å². The second-order valence-corrected chi connectivity index (χ2v) is 21.6. The van der Waals surface area contributed by atoms with Gasteiger partial charge in [-0.15, -0.1) is 0 Å². The van der Waals surface area contributed by atoms with Crippen LogP contribution in [-0.2, 0) is 0 Å². The van der Waals surface area contributed by atoms with Crippen molar-refractivity contribution in [1.82, 2.24) is 4.57 Å². The van der Waals surface area contributed by atoms with E-state index in [0.717, 1.165) is 28.2 Å². The molecule has 1 aromatic heterocycles. The number of nitrogens with zero attached hydrogens (tertiary/aromatic N) is 3. The summed E-state index contributed by atoms with van der Waals surface area (Å²) in [5.74, 6) is 0. The molecule has 0 amide bonds. The Balaban J connectivity index is 0.996. The Labute approximate surface area is 464 Å². The third-order valence-electron chi connectivity index (χ3n) is 17.3. The highest BCUT2D eigenvalue weighted by Crippen LogP contribution is 2.49. The Morgan fingerprint density at radius 3 is 1.19 bits per heavy atom. The van der Waals surface area contributed by atoms with Gasteiger partial charge in [-0.05, 0) is 166 Å². The first-order valence-electron chi connectivity index (χ1n) is 27.8. The van der Waals surface area contributed by atoms with E-state index in [4.69, 9.17) is 0 Å². The maximum atomic E-state index is 2.58. The van der Waals surface area contributed by atoms with Gasteiger partial charge >= 0.3 is 0 Å². The third kappa shape index (κ3) is 6.82. The summed E-state index contributed by atoms with van der Waals surface area (Å²) in [6.45, 7) is -0.117. The fourth-order valence-corrected chi connectivity index (χ4v) is 13.6. The number of para-hydroxylation sites is 2. The number of aromatic nitrogens is 1. The van der Waals surface area contributed by atoms with Crippen molar-refractivity contribution in [3.63, 3.8) is 0 Å². The number of rotatable bonds is 6. The average molecular weight is 1010 g/mol. The van der Waals surface area contributed by atoms with Crippen molar-refractivity contribution in [2.24, 2.45) is 0 Å². The highest BCUT2D eigenvalue weighted by atomic mass is 15.2.